The highest BCUT2D eigenvalue weighted by molar-refractivity contribution is 14.1. The molecule has 0 unspecified atom stereocenters. The molecule has 3 rings (SSSR count). The van der Waals surface area contributed by atoms with Crippen molar-refractivity contribution in [1.29, 1.82) is 0 Å². The van der Waals surface area contributed by atoms with Crippen LogP contribution in [0.5, 0.6) is 5.75 Å². The number of hydrogen-bond acceptors (Lipinski definition) is 2. The second-order valence-corrected chi connectivity index (χ2v) is 6.32. The zero-order chi connectivity index (χ0) is 13.2. The number of fused-ring (bicyclic) bond motifs is 1. The number of aryl methyl sites for hydroxylation is 1. The summed E-state index contributed by atoms with van der Waals surface area (Å²) in [5.41, 5.74) is 2.48. The Labute approximate surface area is 130 Å². The number of benzene rings is 2. The molecule has 3 aromatic rings. The third-order valence-electron chi connectivity index (χ3n) is 2.99. The lowest BCUT2D eigenvalue weighted by Gasteiger charge is -2.08. The van der Waals surface area contributed by atoms with Crippen molar-refractivity contribution in [2.75, 3.05) is 0 Å². The summed E-state index contributed by atoms with van der Waals surface area (Å²) in [5, 5.41) is 3.45. The highest BCUT2D eigenvalue weighted by atomic mass is 127. The van der Waals surface area contributed by atoms with Gasteiger partial charge in [-0.3, -0.25) is 0 Å². The van der Waals surface area contributed by atoms with Crippen molar-refractivity contribution in [1.82, 2.24) is 0 Å². The zero-order valence-electron chi connectivity index (χ0n) is 10.4. The van der Waals surface area contributed by atoms with Crippen LogP contribution in [-0.4, -0.2) is 0 Å². The molecule has 0 saturated carbocycles. The third-order valence-corrected chi connectivity index (χ3v) is 4.95. The molecule has 19 heavy (non-hydrogen) atoms. The largest absolute Gasteiger partial charge is 0.487 e. The first-order valence-corrected chi connectivity index (χ1v) is 7.96. The fraction of sp³-hybridized carbons (Fsp3) is 0.125. The predicted octanol–water partition coefficient (Wildman–Crippen LogP) is 5.19. The number of hydrogen-bond donors (Lipinski definition) is 0. The van der Waals surface area contributed by atoms with Crippen LogP contribution in [0.2, 0.25) is 0 Å². The molecule has 0 bridgehead atoms. The zero-order valence-corrected chi connectivity index (χ0v) is 13.4. The average molecular weight is 379 g/mol. The van der Waals surface area contributed by atoms with E-state index >= 15 is 0 Å². The van der Waals surface area contributed by atoms with Gasteiger partial charge in [0.1, 0.15) is 12.4 Å². The lowest BCUT2D eigenvalue weighted by Crippen LogP contribution is -1.95. The Morgan fingerprint density at radius 1 is 1.26 bits per heavy atom. The summed E-state index contributed by atoms with van der Waals surface area (Å²) in [4.78, 5) is 0. The topological polar surface area (TPSA) is 9.23 Å². The molecule has 0 amide bonds. The van der Waals surface area contributed by atoms with E-state index in [9.17, 15) is 0 Å². The summed E-state index contributed by atoms with van der Waals surface area (Å²) in [6.07, 6.45) is 0. The van der Waals surface area contributed by atoms with Crippen LogP contribution in [0.15, 0.2) is 41.8 Å². The Bertz CT molecular complexity index is 703. The van der Waals surface area contributed by atoms with Gasteiger partial charge in [-0.05, 0) is 52.1 Å². The Morgan fingerprint density at radius 3 is 2.84 bits per heavy atom. The second-order valence-electron chi connectivity index (χ2n) is 4.36. The van der Waals surface area contributed by atoms with E-state index in [4.69, 9.17) is 4.74 Å². The molecular weight excluding hydrogens is 367 g/mol. The third kappa shape index (κ3) is 2.62. The van der Waals surface area contributed by atoms with E-state index in [-0.39, 0.29) is 0 Å². The van der Waals surface area contributed by atoms with Gasteiger partial charge in [-0.1, -0.05) is 30.3 Å². The molecule has 0 N–H and O–H groups in total. The molecule has 0 fully saturated rings. The van der Waals surface area contributed by atoms with Crippen molar-refractivity contribution in [3.63, 3.8) is 0 Å². The van der Waals surface area contributed by atoms with Gasteiger partial charge >= 0.3 is 0 Å². The minimum Gasteiger partial charge on any atom is -0.487 e. The number of thiophene rings is 1. The molecule has 0 aliphatic heterocycles. The van der Waals surface area contributed by atoms with Gasteiger partial charge in [-0.15, -0.1) is 11.3 Å². The maximum absolute atomic E-state index is 5.95. The van der Waals surface area contributed by atoms with E-state index in [1.54, 1.807) is 11.3 Å². The van der Waals surface area contributed by atoms with Crippen LogP contribution in [-0.2, 0) is 6.61 Å². The molecule has 1 heterocycles. The van der Waals surface area contributed by atoms with Crippen molar-refractivity contribution >= 4 is 44.0 Å². The van der Waals surface area contributed by atoms with Crippen molar-refractivity contribution in [2.45, 2.75) is 13.5 Å². The van der Waals surface area contributed by atoms with Gasteiger partial charge in [0.25, 0.3) is 0 Å². The molecule has 1 nitrogen and oxygen atoms in total. The van der Waals surface area contributed by atoms with Crippen molar-refractivity contribution in [2.24, 2.45) is 0 Å². The van der Waals surface area contributed by atoms with Crippen LogP contribution < -0.4 is 4.74 Å². The minimum absolute atomic E-state index is 0.599. The fourth-order valence-corrected chi connectivity index (χ4v) is 4.07. The predicted molar refractivity (Wildman–Crippen MR) is 88.9 cm³/mol. The van der Waals surface area contributed by atoms with E-state index in [2.05, 4.69) is 53.1 Å². The molecule has 1 aromatic heterocycles. The van der Waals surface area contributed by atoms with E-state index in [0.717, 1.165) is 5.75 Å². The van der Waals surface area contributed by atoms with Gasteiger partial charge in [0.2, 0.25) is 0 Å². The number of ether oxygens (including phenoxy) is 1. The molecule has 3 heteroatoms. The normalized spacial score (nSPS) is 10.8. The van der Waals surface area contributed by atoms with Gasteiger partial charge in [-0.2, -0.15) is 0 Å². The van der Waals surface area contributed by atoms with Gasteiger partial charge in [0, 0.05) is 15.0 Å². The van der Waals surface area contributed by atoms with Crippen molar-refractivity contribution < 1.29 is 4.74 Å². The molecule has 0 aliphatic rings. The summed E-state index contributed by atoms with van der Waals surface area (Å²) in [6.45, 7) is 2.73. The van der Waals surface area contributed by atoms with E-state index in [1.165, 1.54) is 24.8 Å². The van der Waals surface area contributed by atoms with Crippen LogP contribution in [0.4, 0.5) is 0 Å². The molecule has 0 atom stereocenters. The first kappa shape index (κ1) is 12.9. The molecular formula is C16H12IOS. The molecule has 0 spiro atoms. The standard InChI is InChI=1S/C16H12IOS/c1-11-10-19-16-14(8-7-13(17)15(11)16)18-9-12-5-3-2-4-6-12/h2-6,8,10H,9H2,1H3. The van der Waals surface area contributed by atoms with Crippen molar-refractivity contribution in [3.8, 4) is 5.75 Å². The van der Waals surface area contributed by atoms with Crippen LogP contribution in [0.25, 0.3) is 10.1 Å². The summed E-state index contributed by atoms with van der Waals surface area (Å²) >= 11 is 4.07. The lowest BCUT2D eigenvalue weighted by molar-refractivity contribution is 0.310. The Morgan fingerprint density at radius 2 is 2.05 bits per heavy atom. The van der Waals surface area contributed by atoms with Crippen LogP contribution >= 0.6 is 33.9 Å². The van der Waals surface area contributed by atoms with Crippen LogP contribution in [0.3, 0.4) is 0 Å². The van der Waals surface area contributed by atoms with Crippen LogP contribution in [0.1, 0.15) is 11.1 Å². The molecule has 1 radical (unpaired) electrons. The Balaban J connectivity index is 1.92. The van der Waals surface area contributed by atoms with E-state index < -0.39 is 0 Å². The van der Waals surface area contributed by atoms with Gasteiger partial charge in [0.15, 0.2) is 0 Å². The van der Waals surface area contributed by atoms with Crippen LogP contribution in [0, 0.1) is 16.6 Å². The molecule has 95 valence electrons. The first-order valence-electron chi connectivity index (χ1n) is 6.00. The highest BCUT2D eigenvalue weighted by Gasteiger charge is 2.10. The van der Waals surface area contributed by atoms with E-state index in [0.29, 0.717) is 6.61 Å². The summed E-state index contributed by atoms with van der Waals surface area (Å²) in [5.74, 6) is 0.928. The van der Waals surface area contributed by atoms with Crippen molar-refractivity contribution in [3.05, 3.63) is 62.5 Å². The lowest BCUT2D eigenvalue weighted by atomic mass is 10.2. The maximum Gasteiger partial charge on any atom is 0.138 e. The minimum atomic E-state index is 0.599. The maximum atomic E-state index is 5.95. The average Bonchev–Trinajstić information content (AvgIpc) is 2.83. The van der Waals surface area contributed by atoms with Gasteiger partial charge < -0.3 is 4.74 Å². The SMILES string of the molecule is Cc1csc2c(OCc3ccccc3)c[c]c(I)c12. The molecule has 2 aromatic carbocycles. The number of rotatable bonds is 3. The quantitative estimate of drug-likeness (QED) is 0.569. The smallest absolute Gasteiger partial charge is 0.138 e. The van der Waals surface area contributed by atoms with E-state index in [1.807, 2.05) is 24.3 Å². The fourth-order valence-electron chi connectivity index (χ4n) is 2.01. The monoisotopic (exact) mass is 379 g/mol. The summed E-state index contributed by atoms with van der Waals surface area (Å²) in [6, 6.07) is 15.5. The van der Waals surface area contributed by atoms with Gasteiger partial charge in [-0.25, -0.2) is 0 Å². The summed E-state index contributed by atoms with van der Waals surface area (Å²) < 4.78 is 8.33. The Kier molecular flexibility index (Phi) is 3.75. The van der Waals surface area contributed by atoms with Gasteiger partial charge in [0.05, 0.1) is 4.70 Å². The molecule has 0 saturated heterocycles. The second kappa shape index (κ2) is 5.51. The first-order chi connectivity index (χ1) is 9.25. The highest BCUT2D eigenvalue weighted by Crippen LogP contribution is 2.36. The molecule has 0 aliphatic carbocycles. The summed E-state index contributed by atoms with van der Waals surface area (Å²) in [7, 11) is 0. The number of halogens is 1. The Hall–Kier alpha value is -1.07.